The summed E-state index contributed by atoms with van der Waals surface area (Å²) >= 11 is 0. The zero-order valence-corrected chi connectivity index (χ0v) is 11.7. The average molecular weight is 264 g/mol. The number of methoxy groups -OCH3 is 1. The van der Waals surface area contributed by atoms with Gasteiger partial charge in [-0.05, 0) is 37.9 Å². The molecule has 1 aliphatic heterocycles. The summed E-state index contributed by atoms with van der Waals surface area (Å²) in [5.41, 5.74) is 6.84. The van der Waals surface area contributed by atoms with Crippen molar-refractivity contribution in [2.75, 3.05) is 38.3 Å². The lowest BCUT2D eigenvalue weighted by molar-refractivity contribution is 0.0843. The molecular weight excluding hydrogens is 240 g/mol. The predicted molar refractivity (Wildman–Crippen MR) is 77.9 cm³/mol. The SMILES string of the molecule is COc1ccccc1N(CCCN)C1CCOCC1. The molecule has 0 radical (unpaired) electrons. The number of rotatable bonds is 6. The van der Waals surface area contributed by atoms with E-state index in [2.05, 4.69) is 17.0 Å². The highest BCUT2D eigenvalue weighted by atomic mass is 16.5. The van der Waals surface area contributed by atoms with Crippen LogP contribution in [0, 0.1) is 0 Å². The lowest BCUT2D eigenvalue weighted by atomic mass is 10.1. The Bertz CT molecular complexity index is 378. The first kappa shape index (κ1) is 14.2. The van der Waals surface area contributed by atoms with Crippen LogP contribution < -0.4 is 15.4 Å². The van der Waals surface area contributed by atoms with Crippen molar-refractivity contribution in [1.29, 1.82) is 0 Å². The maximum absolute atomic E-state index is 5.67. The van der Waals surface area contributed by atoms with Gasteiger partial charge in [0.15, 0.2) is 0 Å². The van der Waals surface area contributed by atoms with Crippen LogP contribution in [0.3, 0.4) is 0 Å². The number of hydrogen-bond acceptors (Lipinski definition) is 4. The van der Waals surface area contributed by atoms with Gasteiger partial charge < -0.3 is 20.1 Å². The average Bonchev–Trinajstić information content (AvgIpc) is 2.49. The second-order valence-electron chi connectivity index (χ2n) is 4.85. The quantitative estimate of drug-likeness (QED) is 0.854. The maximum atomic E-state index is 5.67. The Balaban J connectivity index is 2.19. The largest absolute Gasteiger partial charge is 0.495 e. The Morgan fingerprint density at radius 3 is 2.74 bits per heavy atom. The molecule has 1 heterocycles. The molecule has 0 unspecified atom stereocenters. The van der Waals surface area contributed by atoms with Crippen molar-refractivity contribution in [3.63, 3.8) is 0 Å². The molecule has 0 aliphatic carbocycles. The third-order valence-corrected chi connectivity index (χ3v) is 3.63. The fourth-order valence-corrected chi connectivity index (χ4v) is 2.63. The summed E-state index contributed by atoms with van der Waals surface area (Å²) in [6, 6.07) is 8.74. The summed E-state index contributed by atoms with van der Waals surface area (Å²) in [5.74, 6) is 0.936. The van der Waals surface area contributed by atoms with Crippen molar-refractivity contribution >= 4 is 5.69 Å². The van der Waals surface area contributed by atoms with Gasteiger partial charge in [0, 0.05) is 25.8 Å². The van der Waals surface area contributed by atoms with Gasteiger partial charge in [0.05, 0.1) is 12.8 Å². The zero-order valence-electron chi connectivity index (χ0n) is 11.7. The summed E-state index contributed by atoms with van der Waals surface area (Å²) in [6.45, 7) is 3.38. The fourth-order valence-electron chi connectivity index (χ4n) is 2.63. The molecule has 4 heteroatoms. The molecule has 2 N–H and O–H groups in total. The number of ether oxygens (including phenoxy) is 2. The van der Waals surface area contributed by atoms with Gasteiger partial charge in [0.2, 0.25) is 0 Å². The van der Waals surface area contributed by atoms with Crippen LogP contribution in [0.5, 0.6) is 5.75 Å². The highest BCUT2D eigenvalue weighted by Crippen LogP contribution is 2.31. The van der Waals surface area contributed by atoms with Gasteiger partial charge in [0.1, 0.15) is 5.75 Å². The Labute approximate surface area is 115 Å². The molecule has 0 atom stereocenters. The number of nitrogens with zero attached hydrogens (tertiary/aromatic N) is 1. The molecule has 0 saturated carbocycles. The molecule has 2 rings (SSSR count). The van der Waals surface area contributed by atoms with Gasteiger partial charge in [0.25, 0.3) is 0 Å². The van der Waals surface area contributed by atoms with Gasteiger partial charge in [-0.3, -0.25) is 0 Å². The normalized spacial score (nSPS) is 16.3. The molecule has 1 aromatic rings. The number of nitrogens with two attached hydrogens (primary N) is 1. The minimum absolute atomic E-state index is 0.525. The van der Waals surface area contributed by atoms with Gasteiger partial charge in [-0.1, -0.05) is 12.1 Å². The summed E-state index contributed by atoms with van der Waals surface area (Å²) in [4.78, 5) is 2.44. The highest BCUT2D eigenvalue weighted by Gasteiger charge is 2.23. The Morgan fingerprint density at radius 1 is 1.32 bits per heavy atom. The third-order valence-electron chi connectivity index (χ3n) is 3.63. The van der Waals surface area contributed by atoms with E-state index in [1.165, 1.54) is 5.69 Å². The lowest BCUT2D eigenvalue weighted by Crippen LogP contribution is -2.40. The second kappa shape index (κ2) is 7.36. The van der Waals surface area contributed by atoms with Gasteiger partial charge in [-0.25, -0.2) is 0 Å². The first-order chi connectivity index (χ1) is 9.36. The summed E-state index contributed by atoms with van der Waals surface area (Å²) in [5, 5.41) is 0. The number of anilines is 1. The molecular formula is C15H24N2O2. The van der Waals surface area contributed by atoms with E-state index >= 15 is 0 Å². The smallest absolute Gasteiger partial charge is 0.142 e. The topological polar surface area (TPSA) is 47.7 Å². The van der Waals surface area contributed by atoms with Crippen LogP contribution in [0.1, 0.15) is 19.3 Å². The van der Waals surface area contributed by atoms with Crippen LogP contribution in [0.15, 0.2) is 24.3 Å². The molecule has 0 aromatic heterocycles. The Hall–Kier alpha value is -1.26. The maximum Gasteiger partial charge on any atom is 0.142 e. The number of benzene rings is 1. The van der Waals surface area contributed by atoms with E-state index in [0.29, 0.717) is 6.04 Å². The minimum atomic E-state index is 0.525. The summed E-state index contributed by atoms with van der Waals surface area (Å²) in [6.07, 6.45) is 3.14. The monoisotopic (exact) mass is 264 g/mol. The predicted octanol–water partition coefficient (Wildman–Crippen LogP) is 2.03. The van der Waals surface area contributed by atoms with Gasteiger partial charge in [-0.15, -0.1) is 0 Å². The van der Waals surface area contributed by atoms with Crippen LogP contribution in [0.25, 0.3) is 0 Å². The van der Waals surface area contributed by atoms with E-state index in [1.807, 2.05) is 12.1 Å². The molecule has 0 spiro atoms. The second-order valence-corrected chi connectivity index (χ2v) is 4.85. The van der Waals surface area contributed by atoms with E-state index in [-0.39, 0.29) is 0 Å². The first-order valence-electron chi connectivity index (χ1n) is 7.04. The molecule has 4 nitrogen and oxygen atoms in total. The molecule has 106 valence electrons. The molecule has 1 saturated heterocycles. The third kappa shape index (κ3) is 3.61. The highest BCUT2D eigenvalue weighted by molar-refractivity contribution is 5.59. The molecule has 1 aliphatic rings. The molecule has 0 bridgehead atoms. The molecule has 0 amide bonds. The minimum Gasteiger partial charge on any atom is -0.495 e. The number of para-hydroxylation sites is 2. The Morgan fingerprint density at radius 2 is 2.05 bits per heavy atom. The van der Waals surface area contributed by atoms with Crippen molar-refractivity contribution in [3.05, 3.63) is 24.3 Å². The summed E-state index contributed by atoms with van der Waals surface area (Å²) in [7, 11) is 1.73. The van der Waals surface area contributed by atoms with Crippen molar-refractivity contribution in [2.24, 2.45) is 5.73 Å². The molecule has 19 heavy (non-hydrogen) atoms. The zero-order chi connectivity index (χ0) is 13.5. The van der Waals surface area contributed by atoms with Crippen molar-refractivity contribution in [3.8, 4) is 5.75 Å². The Kier molecular flexibility index (Phi) is 5.48. The first-order valence-corrected chi connectivity index (χ1v) is 7.04. The van der Waals surface area contributed by atoms with Gasteiger partial charge >= 0.3 is 0 Å². The van der Waals surface area contributed by atoms with Crippen LogP contribution >= 0.6 is 0 Å². The van der Waals surface area contributed by atoms with Crippen LogP contribution in [0.2, 0.25) is 0 Å². The molecule has 1 fully saturated rings. The van der Waals surface area contributed by atoms with E-state index < -0.39 is 0 Å². The fraction of sp³-hybridized carbons (Fsp3) is 0.600. The van der Waals surface area contributed by atoms with E-state index in [0.717, 1.165) is 51.3 Å². The van der Waals surface area contributed by atoms with Crippen molar-refractivity contribution < 1.29 is 9.47 Å². The van der Waals surface area contributed by atoms with Crippen LogP contribution in [-0.4, -0.2) is 39.5 Å². The summed E-state index contributed by atoms with van der Waals surface area (Å²) < 4.78 is 11.0. The van der Waals surface area contributed by atoms with E-state index in [9.17, 15) is 0 Å². The van der Waals surface area contributed by atoms with Crippen LogP contribution in [0.4, 0.5) is 5.69 Å². The van der Waals surface area contributed by atoms with Gasteiger partial charge in [-0.2, -0.15) is 0 Å². The van der Waals surface area contributed by atoms with Crippen molar-refractivity contribution in [1.82, 2.24) is 0 Å². The van der Waals surface area contributed by atoms with E-state index in [1.54, 1.807) is 7.11 Å². The van der Waals surface area contributed by atoms with Crippen molar-refractivity contribution in [2.45, 2.75) is 25.3 Å². The van der Waals surface area contributed by atoms with E-state index in [4.69, 9.17) is 15.2 Å². The standard InChI is InChI=1S/C15H24N2O2/c1-18-15-6-3-2-5-14(15)17(10-4-9-16)13-7-11-19-12-8-13/h2-3,5-6,13H,4,7-12,16H2,1H3. The number of hydrogen-bond donors (Lipinski definition) is 1. The molecule has 1 aromatic carbocycles. The lowest BCUT2D eigenvalue weighted by Gasteiger charge is -2.36. The van der Waals surface area contributed by atoms with Crippen LogP contribution in [-0.2, 0) is 4.74 Å².